The van der Waals surface area contributed by atoms with Crippen LogP contribution in [0.15, 0.2) is 43.0 Å². The second-order valence-corrected chi connectivity index (χ2v) is 3.47. The maximum absolute atomic E-state index is 5.68. The van der Waals surface area contributed by atoms with Crippen LogP contribution >= 0.6 is 0 Å². The summed E-state index contributed by atoms with van der Waals surface area (Å²) in [6.07, 6.45) is 4.32. The van der Waals surface area contributed by atoms with Crippen molar-refractivity contribution in [2.75, 3.05) is 0 Å². The molecule has 1 heteroatoms. The van der Waals surface area contributed by atoms with Crippen LogP contribution in [0.2, 0.25) is 0 Å². The number of ether oxygens (including phenoxy) is 1. The number of hydrogen-bond acceptors (Lipinski definition) is 1. The molecular weight excluding hydrogens is 172 g/mol. The molecule has 1 aromatic rings. The van der Waals surface area contributed by atoms with Gasteiger partial charge in [-0.15, -0.1) is 6.58 Å². The fourth-order valence-electron chi connectivity index (χ4n) is 1.25. The Morgan fingerprint density at radius 3 is 2.71 bits per heavy atom. The fourth-order valence-corrected chi connectivity index (χ4v) is 1.25. The van der Waals surface area contributed by atoms with Crippen LogP contribution in [0.5, 0.6) is 0 Å². The van der Waals surface area contributed by atoms with E-state index in [9.17, 15) is 0 Å². The van der Waals surface area contributed by atoms with Crippen molar-refractivity contribution in [2.24, 2.45) is 0 Å². The van der Waals surface area contributed by atoms with Crippen LogP contribution in [0.3, 0.4) is 0 Å². The Balaban J connectivity index is 2.23. The van der Waals surface area contributed by atoms with Crippen LogP contribution in [0.4, 0.5) is 0 Å². The van der Waals surface area contributed by atoms with Crippen LogP contribution in [0, 0.1) is 0 Å². The molecule has 1 nitrogen and oxygen atoms in total. The third-order valence-corrected chi connectivity index (χ3v) is 2.15. The summed E-state index contributed by atoms with van der Waals surface area (Å²) >= 11 is 0. The summed E-state index contributed by atoms with van der Waals surface area (Å²) in [5.74, 6) is 0. The first kappa shape index (κ1) is 11.0. The molecule has 0 bridgehead atoms. The van der Waals surface area contributed by atoms with Crippen LogP contribution < -0.4 is 0 Å². The largest absolute Gasteiger partial charge is 0.374 e. The van der Waals surface area contributed by atoms with E-state index in [1.807, 2.05) is 24.3 Å². The van der Waals surface area contributed by atoms with Gasteiger partial charge >= 0.3 is 0 Å². The van der Waals surface area contributed by atoms with Gasteiger partial charge in [0.1, 0.15) is 0 Å². The molecule has 0 aliphatic rings. The Hall–Kier alpha value is -1.08. The van der Waals surface area contributed by atoms with E-state index in [0.29, 0.717) is 12.7 Å². The first-order valence-electron chi connectivity index (χ1n) is 5.09. The van der Waals surface area contributed by atoms with Gasteiger partial charge in [0, 0.05) is 0 Å². The third kappa shape index (κ3) is 4.24. The van der Waals surface area contributed by atoms with Gasteiger partial charge in [-0.3, -0.25) is 0 Å². The van der Waals surface area contributed by atoms with Crippen LogP contribution in [-0.2, 0) is 11.3 Å². The molecule has 0 N–H and O–H groups in total. The first-order valence-corrected chi connectivity index (χ1v) is 5.09. The molecule has 0 saturated carbocycles. The highest BCUT2D eigenvalue weighted by atomic mass is 16.5. The summed E-state index contributed by atoms with van der Waals surface area (Å²) in [6, 6.07) is 10.3. The van der Waals surface area contributed by atoms with Gasteiger partial charge in [0.2, 0.25) is 0 Å². The first-order chi connectivity index (χ1) is 6.83. The molecule has 0 radical (unpaired) electrons. The van der Waals surface area contributed by atoms with Crippen LogP contribution in [-0.4, -0.2) is 6.10 Å². The molecule has 1 rings (SSSR count). The predicted octanol–water partition coefficient (Wildman–Crippen LogP) is 3.56. The zero-order chi connectivity index (χ0) is 10.2. The monoisotopic (exact) mass is 190 g/mol. The molecule has 0 amide bonds. The molecule has 0 unspecified atom stereocenters. The van der Waals surface area contributed by atoms with E-state index in [-0.39, 0.29) is 0 Å². The van der Waals surface area contributed by atoms with Gasteiger partial charge in [0.05, 0.1) is 12.7 Å². The molecule has 0 aliphatic heterocycles. The van der Waals surface area contributed by atoms with E-state index < -0.39 is 0 Å². The van der Waals surface area contributed by atoms with Gasteiger partial charge in [-0.2, -0.15) is 0 Å². The maximum atomic E-state index is 5.68. The summed E-state index contributed by atoms with van der Waals surface area (Å²) < 4.78 is 5.68. The second kappa shape index (κ2) is 6.39. The summed E-state index contributed by atoms with van der Waals surface area (Å²) in [6.45, 7) is 6.51. The van der Waals surface area contributed by atoms with Gasteiger partial charge in [-0.25, -0.2) is 0 Å². The zero-order valence-electron chi connectivity index (χ0n) is 8.78. The number of allylic oxidation sites excluding steroid dienone is 1. The Bertz CT molecular complexity index is 253. The normalized spacial score (nSPS) is 12.4. The standard InChI is InChI=1S/C13H18O/c1-3-4-8-12(2)14-11-13-9-6-5-7-10-13/h3,5-7,9-10,12H,1,4,8,11H2,2H3/t12-/m1/s1. The average molecular weight is 190 g/mol. The third-order valence-electron chi connectivity index (χ3n) is 2.15. The van der Waals surface area contributed by atoms with Crippen molar-refractivity contribution < 1.29 is 4.74 Å². The topological polar surface area (TPSA) is 9.23 Å². The minimum Gasteiger partial charge on any atom is -0.374 e. The minimum atomic E-state index is 0.313. The lowest BCUT2D eigenvalue weighted by atomic mass is 10.2. The lowest BCUT2D eigenvalue weighted by Crippen LogP contribution is -2.07. The molecular formula is C13H18O. The molecule has 76 valence electrons. The predicted molar refractivity (Wildman–Crippen MR) is 60.1 cm³/mol. The molecule has 1 aromatic carbocycles. The van der Waals surface area contributed by atoms with E-state index >= 15 is 0 Å². The van der Waals surface area contributed by atoms with Crippen molar-refractivity contribution in [3.05, 3.63) is 48.6 Å². The average Bonchev–Trinajstić information content (AvgIpc) is 2.25. The minimum absolute atomic E-state index is 0.313. The van der Waals surface area contributed by atoms with E-state index in [2.05, 4.69) is 25.6 Å². The van der Waals surface area contributed by atoms with E-state index in [1.165, 1.54) is 5.56 Å². The quantitative estimate of drug-likeness (QED) is 0.623. The summed E-state index contributed by atoms with van der Waals surface area (Å²) in [4.78, 5) is 0. The van der Waals surface area contributed by atoms with E-state index in [1.54, 1.807) is 0 Å². The van der Waals surface area contributed by atoms with Crippen molar-refractivity contribution in [2.45, 2.75) is 32.5 Å². The van der Waals surface area contributed by atoms with Crippen molar-refractivity contribution in [1.82, 2.24) is 0 Å². The Kier molecular flexibility index (Phi) is 5.02. The molecule has 0 spiro atoms. The molecule has 0 aliphatic carbocycles. The fraction of sp³-hybridized carbons (Fsp3) is 0.385. The SMILES string of the molecule is C=CCC[C@@H](C)OCc1ccccc1. The summed E-state index contributed by atoms with van der Waals surface area (Å²) in [5.41, 5.74) is 1.23. The maximum Gasteiger partial charge on any atom is 0.0720 e. The van der Waals surface area contributed by atoms with Gasteiger partial charge in [-0.1, -0.05) is 36.4 Å². The zero-order valence-corrected chi connectivity index (χ0v) is 8.78. The Labute approximate surface area is 86.4 Å². The lowest BCUT2D eigenvalue weighted by Gasteiger charge is -2.11. The van der Waals surface area contributed by atoms with Crippen LogP contribution in [0.1, 0.15) is 25.3 Å². The van der Waals surface area contributed by atoms with Crippen LogP contribution in [0.25, 0.3) is 0 Å². The van der Waals surface area contributed by atoms with Crippen molar-refractivity contribution in [1.29, 1.82) is 0 Å². The summed E-state index contributed by atoms with van der Waals surface area (Å²) in [7, 11) is 0. The smallest absolute Gasteiger partial charge is 0.0720 e. The summed E-state index contributed by atoms with van der Waals surface area (Å²) in [5, 5.41) is 0. The van der Waals surface area contributed by atoms with E-state index in [0.717, 1.165) is 12.8 Å². The highest BCUT2D eigenvalue weighted by molar-refractivity contribution is 5.13. The highest BCUT2D eigenvalue weighted by Crippen LogP contribution is 2.07. The number of benzene rings is 1. The Morgan fingerprint density at radius 1 is 1.36 bits per heavy atom. The number of rotatable bonds is 6. The van der Waals surface area contributed by atoms with Crippen molar-refractivity contribution in [3.8, 4) is 0 Å². The highest BCUT2D eigenvalue weighted by Gasteiger charge is 2.00. The van der Waals surface area contributed by atoms with Gasteiger partial charge in [0.15, 0.2) is 0 Å². The Morgan fingerprint density at radius 2 is 2.07 bits per heavy atom. The van der Waals surface area contributed by atoms with Crippen molar-refractivity contribution in [3.63, 3.8) is 0 Å². The van der Waals surface area contributed by atoms with Gasteiger partial charge in [-0.05, 0) is 25.3 Å². The second-order valence-electron chi connectivity index (χ2n) is 3.47. The molecule has 0 saturated heterocycles. The van der Waals surface area contributed by atoms with E-state index in [4.69, 9.17) is 4.74 Å². The molecule has 1 atom stereocenters. The number of hydrogen-bond donors (Lipinski definition) is 0. The molecule has 0 fully saturated rings. The van der Waals surface area contributed by atoms with Crippen molar-refractivity contribution >= 4 is 0 Å². The molecule has 0 aromatic heterocycles. The van der Waals surface area contributed by atoms with Gasteiger partial charge in [0.25, 0.3) is 0 Å². The molecule has 0 heterocycles. The lowest BCUT2D eigenvalue weighted by molar-refractivity contribution is 0.0483. The molecule has 14 heavy (non-hydrogen) atoms. The van der Waals surface area contributed by atoms with Gasteiger partial charge < -0.3 is 4.74 Å².